The highest BCUT2D eigenvalue weighted by atomic mass is 16.4. The van der Waals surface area contributed by atoms with Crippen molar-refractivity contribution >= 4 is 5.97 Å². The summed E-state index contributed by atoms with van der Waals surface area (Å²) in [4.78, 5) is 10.9. The fraction of sp³-hybridized carbons (Fsp3) is 0.615. The van der Waals surface area contributed by atoms with Gasteiger partial charge in [-0.05, 0) is 25.3 Å². The molecule has 102 valence electrons. The minimum Gasteiger partial charge on any atom is -0.478 e. The van der Waals surface area contributed by atoms with Gasteiger partial charge in [0.1, 0.15) is 17.1 Å². The molecule has 1 rings (SSSR count). The van der Waals surface area contributed by atoms with Gasteiger partial charge in [-0.15, -0.1) is 0 Å². The van der Waals surface area contributed by atoms with Crippen LogP contribution in [0.2, 0.25) is 0 Å². The number of nitrogens with one attached hydrogen (secondary N) is 1. The molecule has 0 fully saturated rings. The topological polar surface area (TPSA) is 82.7 Å². The predicted molar refractivity (Wildman–Crippen MR) is 67.6 cm³/mol. The monoisotopic (exact) mass is 255 g/mol. The Morgan fingerprint density at radius 1 is 1.50 bits per heavy atom. The van der Waals surface area contributed by atoms with E-state index in [-0.39, 0.29) is 18.2 Å². The van der Waals surface area contributed by atoms with Gasteiger partial charge in [-0.2, -0.15) is 0 Å². The summed E-state index contributed by atoms with van der Waals surface area (Å²) in [6.07, 6.45) is 0.863. The van der Waals surface area contributed by atoms with Crippen LogP contribution in [0.5, 0.6) is 0 Å². The molecule has 0 saturated carbocycles. The van der Waals surface area contributed by atoms with Crippen LogP contribution < -0.4 is 5.32 Å². The van der Waals surface area contributed by atoms with Crippen molar-refractivity contribution in [2.75, 3.05) is 6.61 Å². The Labute approximate surface area is 107 Å². The van der Waals surface area contributed by atoms with Crippen LogP contribution in [0.15, 0.2) is 10.5 Å². The number of furan rings is 1. The summed E-state index contributed by atoms with van der Waals surface area (Å²) in [5, 5.41) is 21.3. The minimum absolute atomic E-state index is 0.00341. The maximum Gasteiger partial charge on any atom is 0.339 e. The molecule has 5 nitrogen and oxygen atoms in total. The molecule has 0 aliphatic rings. The molecule has 1 atom stereocenters. The molecule has 1 heterocycles. The van der Waals surface area contributed by atoms with Crippen LogP contribution in [0.25, 0.3) is 0 Å². The zero-order valence-electron chi connectivity index (χ0n) is 11.1. The van der Waals surface area contributed by atoms with Gasteiger partial charge in [-0.25, -0.2) is 4.79 Å². The fourth-order valence-corrected chi connectivity index (χ4v) is 1.88. The van der Waals surface area contributed by atoms with Crippen molar-refractivity contribution in [1.29, 1.82) is 0 Å². The lowest BCUT2D eigenvalue weighted by Crippen LogP contribution is -2.33. The summed E-state index contributed by atoms with van der Waals surface area (Å²) < 4.78 is 5.35. The molecule has 0 aliphatic heterocycles. The lowest BCUT2D eigenvalue weighted by molar-refractivity contribution is 0.0695. The maximum atomic E-state index is 10.9. The van der Waals surface area contributed by atoms with E-state index in [9.17, 15) is 9.90 Å². The van der Waals surface area contributed by atoms with Gasteiger partial charge < -0.3 is 19.9 Å². The molecule has 0 radical (unpaired) electrons. The van der Waals surface area contributed by atoms with E-state index in [2.05, 4.69) is 19.2 Å². The van der Waals surface area contributed by atoms with Crippen molar-refractivity contribution < 1.29 is 19.4 Å². The quantitative estimate of drug-likeness (QED) is 0.692. The molecular formula is C13H21NO4. The first-order chi connectivity index (χ1) is 8.43. The Hall–Kier alpha value is -1.33. The van der Waals surface area contributed by atoms with Crippen molar-refractivity contribution in [3.05, 3.63) is 23.2 Å². The molecule has 0 amide bonds. The molecule has 0 spiro atoms. The van der Waals surface area contributed by atoms with Gasteiger partial charge in [-0.3, -0.25) is 0 Å². The minimum atomic E-state index is -0.983. The standard InChI is InChI=1S/C13H21NO4/c1-8(2)4-10(7-15)14-6-11-5-12(13(16)17)9(3)18-11/h5,8,10,14-15H,4,6-7H2,1-3H3,(H,16,17). The molecule has 18 heavy (non-hydrogen) atoms. The number of aliphatic hydroxyl groups excluding tert-OH is 1. The second-order valence-corrected chi connectivity index (χ2v) is 4.88. The van der Waals surface area contributed by atoms with E-state index in [1.54, 1.807) is 6.92 Å². The van der Waals surface area contributed by atoms with Crippen LogP contribution in [0.3, 0.4) is 0 Å². The number of hydrogen-bond acceptors (Lipinski definition) is 4. The van der Waals surface area contributed by atoms with Crippen LogP contribution in [0, 0.1) is 12.8 Å². The summed E-state index contributed by atoms with van der Waals surface area (Å²) in [6, 6.07) is 1.53. The summed E-state index contributed by atoms with van der Waals surface area (Å²) in [5.41, 5.74) is 0.191. The number of rotatable bonds is 7. The van der Waals surface area contributed by atoms with E-state index in [4.69, 9.17) is 9.52 Å². The first kappa shape index (κ1) is 14.7. The Bertz CT molecular complexity index is 398. The molecule has 1 aromatic heterocycles. The van der Waals surface area contributed by atoms with E-state index >= 15 is 0 Å². The molecule has 0 saturated heterocycles. The highest BCUT2D eigenvalue weighted by Crippen LogP contribution is 2.15. The largest absolute Gasteiger partial charge is 0.478 e. The normalized spacial score (nSPS) is 12.9. The van der Waals surface area contributed by atoms with Crippen LogP contribution in [-0.4, -0.2) is 28.8 Å². The molecule has 3 N–H and O–H groups in total. The molecule has 0 aromatic carbocycles. The third kappa shape index (κ3) is 4.16. The molecule has 5 heteroatoms. The predicted octanol–water partition coefficient (Wildman–Crippen LogP) is 1.78. The Kier molecular flexibility index (Phi) is 5.37. The molecule has 0 bridgehead atoms. The van der Waals surface area contributed by atoms with Crippen molar-refractivity contribution in [2.45, 2.75) is 39.8 Å². The Balaban J connectivity index is 2.57. The third-order valence-corrected chi connectivity index (χ3v) is 2.74. The van der Waals surface area contributed by atoms with Gasteiger partial charge in [0.05, 0.1) is 13.2 Å². The van der Waals surface area contributed by atoms with Crippen LogP contribution in [-0.2, 0) is 6.54 Å². The number of aryl methyl sites for hydroxylation is 1. The van der Waals surface area contributed by atoms with Crippen molar-refractivity contribution in [3.8, 4) is 0 Å². The molecular weight excluding hydrogens is 234 g/mol. The van der Waals surface area contributed by atoms with Crippen molar-refractivity contribution in [3.63, 3.8) is 0 Å². The maximum absolute atomic E-state index is 10.9. The number of aliphatic hydroxyl groups is 1. The van der Waals surface area contributed by atoms with E-state index in [1.807, 2.05) is 0 Å². The first-order valence-corrected chi connectivity index (χ1v) is 6.10. The highest BCUT2D eigenvalue weighted by Gasteiger charge is 2.15. The van der Waals surface area contributed by atoms with Crippen molar-refractivity contribution in [1.82, 2.24) is 5.32 Å². The van der Waals surface area contributed by atoms with Gasteiger partial charge in [0.15, 0.2) is 0 Å². The molecule has 1 aromatic rings. The second-order valence-electron chi connectivity index (χ2n) is 4.88. The fourth-order valence-electron chi connectivity index (χ4n) is 1.88. The van der Waals surface area contributed by atoms with Gasteiger partial charge in [0.25, 0.3) is 0 Å². The van der Waals surface area contributed by atoms with E-state index < -0.39 is 5.97 Å². The lowest BCUT2D eigenvalue weighted by Gasteiger charge is -2.17. The van der Waals surface area contributed by atoms with Crippen molar-refractivity contribution in [2.24, 2.45) is 5.92 Å². The highest BCUT2D eigenvalue weighted by molar-refractivity contribution is 5.88. The first-order valence-electron chi connectivity index (χ1n) is 6.10. The number of hydrogen-bond donors (Lipinski definition) is 3. The Morgan fingerprint density at radius 3 is 2.61 bits per heavy atom. The zero-order valence-corrected chi connectivity index (χ0v) is 11.1. The van der Waals surface area contributed by atoms with Crippen LogP contribution in [0.4, 0.5) is 0 Å². The van der Waals surface area contributed by atoms with E-state index in [1.165, 1.54) is 6.07 Å². The molecule has 1 unspecified atom stereocenters. The average Bonchev–Trinajstić information content (AvgIpc) is 2.65. The van der Waals surface area contributed by atoms with Crippen LogP contribution >= 0.6 is 0 Å². The van der Waals surface area contributed by atoms with Gasteiger partial charge in [-0.1, -0.05) is 13.8 Å². The summed E-state index contributed by atoms with van der Waals surface area (Å²) in [7, 11) is 0. The number of carbonyl (C=O) groups is 1. The third-order valence-electron chi connectivity index (χ3n) is 2.74. The summed E-state index contributed by atoms with van der Waals surface area (Å²) in [6.45, 7) is 6.29. The lowest BCUT2D eigenvalue weighted by atomic mass is 10.0. The van der Waals surface area contributed by atoms with Gasteiger partial charge in [0.2, 0.25) is 0 Å². The van der Waals surface area contributed by atoms with Gasteiger partial charge in [0, 0.05) is 6.04 Å². The van der Waals surface area contributed by atoms with Crippen LogP contribution in [0.1, 0.15) is 42.1 Å². The number of carboxylic acid groups (broad SMARTS) is 1. The summed E-state index contributed by atoms with van der Waals surface area (Å²) in [5.74, 6) is 0.488. The number of carboxylic acids is 1. The smallest absolute Gasteiger partial charge is 0.339 e. The average molecular weight is 255 g/mol. The van der Waals surface area contributed by atoms with Gasteiger partial charge >= 0.3 is 5.97 Å². The van der Waals surface area contributed by atoms with E-state index in [0.29, 0.717) is 24.0 Å². The number of aromatic carboxylic acids is 1. The zero-order chi connectivity index (χ0) is 13.7. The van der Waals surface area contributed by atoms with E-state index in [0.717, 1.165) is 6.42 Å². The summed E-state index contributed by atoms with van der Waals surface area (Å²) >= 11 is 0. The SMILES string of the molecule is Cc1oc(CNC(CO)CC(C)C)cc1C(=O)O. The second kappa shape index (κ2) is 6.56. The molecule has 0 aliphatic carbocycles. The Morgan fingerprint density at radius 2 is 2.17 bits per heavy atom.